The van der Waals surface area contributed by atoms with Crippen molar-refractivity contribution in [2.45, 2.75) is 19.9 Å². The quantitative estimate of drug-likeness (QED) is 0.862. The summed E-state index contributed by atoms with van der Waals surface area (Å²) in [6, 6.07) is 2.19. The number of anilines is 2. The van der Waals surface area contributed by atoms with Crippen LogP contribution >= 0.6 is 15.9 Å². The van der Waals surface area contributed by atoms with Gasteiger partial charge in [0.1, 0.15) is 11.6 Å². The van der Waals surface area contributed by atoms with Gasteiger partial charge in [0.2, 0.25) is 5.95 Å². The van der Waals surface area contributed by atoms with Gasteiger partial charge in [0.25, 0.3) is 0 Å². The lowest BCUT2D eigenvalue weighted by molar-refractivity contribution is 0.597. The molecule has 18 heavy (non-hydrogen) atoms. The van der Waals surface area contributed by atoms with E-state index < -0.39 is 11.6 Å². The fourth-order valence-electron chi connectivity index (χ4n) is 1.59. The molecule has 96 valence electrons. The Balaban J connectivity index is 2.28. The Morgan fingerprint density at radius 3 is 2.83 bits per heavy atom. The van der Waals surface area contributed by atoms with Gasteiger partial charge in [-0.2, -0.15) is 0 Å². The first-order valence-corrected chi connectivity index (χ1v) is 6.33. The van der Waals surface area contributed by atoms with Gasteiger partial charge in [-0.15, -0.1) is 0 Å². The number of imidazole rings is 1. The Labute approximate surface area is 112 Å². The standard InChI is InChI=1S/C12H12BrF2N3/c1-2-4-18-5-3-16-12(18)17-11-7-9(14)8(13)6-10(11)15/h3,5-7H,2,4H2,1H3,(H,16,17). The lowest BCUT2D eigenvalue weighted by Crippen LogP contribution is -2.04. The number of nitrogens with one attached hydrogen (secondary N) is 1. The molecule has 3 nitrogen and oxygen atoms in total. The van der Waals surface area contributed by atoms with Gasteiger partial charge in [-0.3, -0.25) is 0 Å². The second-order valence-corrected chi connectivity index (χ2v) is 4.67. The van der Waals surface area contributed by atoms with Crippen molar-refractivity contribution in [3.63, 3.8) is 0 Å². The lowest BCUT2D eigenvalue weighted by atomic mass is 10.3. The van der Waals surface area contributed by atoms with E-state index in [1.165, 1.54) is 0 Å². The van der Waals surface area contributed by atoms with Crippen LogP contribution in [-0.4, -0.2) is 9.55 Å². The fourth-order valence-corrected chi connectivity index (χ4v) is 1.91. The molecule has 0 amide bonds. The first-order chi connectivity index (χ1) is 8.61. The van der Waals surface area contributed by atoms with Crippen LogP contribution in [0.15, 0.2) is 29.0 Å². The molecule has 0 saturated carbocycles. The summed E-state index contributed by atoms with van der Waals surface area (Å²) in [4.78, 5) is 4.07. The van der Waals surface area contributed by atoms with E-state index in [0.29, 0.717) is 5.95 Å². The summed E-state index contributed by atoms with van der Waals surface area (Å²) in [6.07, 6.45) is 4.34. The van der Waals surface area contributed by atoms with E-state index in [9.17, 15) is 8.78 Å². The van der Waals surface area contributed by atoms with Crippen molar-refractivity contribution in [2.75, 3.05) is 5.32 Å². The van der Waals surface area contributed by atoms with Crippen molar-refractivity contribution in [1.82, 2.24) is 9.55 Å². The minimum absolute atomic E-state index is 0.0688. The molecule has 2 aromatic rings. The van der Waals surface area contributed by atoms with E-state index in [-0.39, 0.29) is 10.2 Å². The molecule has 0 aliphatic heterocycles. The molecule has 0 fully saturated rings. The van der Waals surface area contributed by atoms with E-state index in [1.54, 1.807) is 12.4 Å². The summed E-state index contributed by atoms with van der Waals surface area (Å²) < 4.78 is 28.9. The van der Waals surface area contributed by atoms with Gasteiger partial charge in [-0.05, 0) is 28.4 Å². The molecule has 0 unspecified atom stereocenters. The van der Waals surface area contributed by atoms with E-state index >= 15 is 0 Å². The van der Waals surface area contributed by atoms with Crippen LogP contribution in [0.4, 0.5) is 20.4 Å². The zero-order chi connectivity index (χ0) is 13.1. The molecule has 2 rings (SSSR count). The van der Waals surface area contributed by atoms with Crippen LogP contribution in [0, 0.1) is 11.6 Å². The fraction of sp³-hybridized carbons (Fsp3) is 0.250. The molecule has 6 heteroatoms. The number of hydrogen-bond donors (Lipinski definition) is 1. The maximum absolute atomic E-state index is 13.6. The van der Waals surface area contributed by atoms with Gasteiger partial charge in [-0.25, -0.2) is 13.8 Å². The molecule has 0 bridgehead atoms. The van der Waals surface area contributed by atoms with Gasteiger partial charge in [0, 0.05) is 25.0 Å². The van der Waals surface area contributed by atoms with Gasteiger partial charge in [0.05, 0.1) is 10.2 Å². The number of aromatic nitrogens is 2. The monoisotopic (exact) mass is 315 g/mol. The third-order valence-electron chi connectivity index (χ3n) is 2.44. The van der Waals surface area contributed by atoms with Crippen molar-refractivity contribution in [1.29, 1.82) is 0 Å². The minimum atomic E-state index is -0.533. The maximum Gasteiger partial charge on any atom is 0.207 e. The van der Waals surface area contributed by atoms with Crippen molar-refractivity contribution >= 4 is 27.6 Å². The van der Waals surface area contributed by atoms with Crippen LogP contribution in [0.5, 0.6) is 0 Å². The molecule has 1 heterocycles. The molecule has 0 aliphatic carbocycles. The zero-order valence-corrected chi connectivity index (χ0v) is 11.3. The van der Waals surface area contributed by atoms with Crippen molar-refractivity contribution < 1.29 is 8.78 Å². The van der Waals surface area contributed by atoms with Crippen LogP contribution < -0.4 is 5.32 Å². The Hall–Kier alpha value is -1.43. The highest BCUT2D eigenvalue weighted by atomic mass is 79.9. The number of benzene rings is 1. The van der Waals surface area contributed by atoms with Crippen molar-refractivity contribution in [3.05, 3.63) is 40.6 Å². The number of hydrogen-bond acceptors (Lipinski definition) is 2. The molecule has 0 atom stereocenters. The summed E-state index contributed by atoms with van der Waals surface area (Å²) in [5.41, 5.74) is 0.0688. The molecule has 0 saturated heterocycles. The Kier molecular flexibility index (Phi) is 3.96. The van der Waals surface area contributed by atoms with E-state index in [0.717, 1.165) is 25.1 Å². The highest BCUT2D eigenvalue weighted by Crippen LogP contribution is 2.25. The third-order valence-corrected chi connectivity index (χ3v) is 3.04. The Morgan fingerprint density at radius 1 is 1.33 bits per heavy atom. The topological polar surface area (TPSA) is 29.9 Å². The summed E-state index contributed by atoms with van der Waals surface area (Å²) in [6.45, 7) is 2.80. The summed E-state index contributed by atoms with van der Waals surface area (Å²) >= 11 is 2.93. The molecule has 0 spiro atoms. The van der Waals surface area contributed by atoms with E-state index in [2.05, 4.69) is 26.2 Å². The maximum atomic E-state index is 13.6. The van der Waals surface area contributed by atoms with E-state index in [4.69, 9.17) is 0 Å². The van der Waals surface area contributed by atoms with Crippen LogP contribution in [0.1, 0.15) is 13.3 Å². The van der Waals surface area contributed by atoms with E-state index in [1.807, 2.05) is 11.5 Å². The Morgan fingerprint density at radius 2 is 2.11 bits per heavy atom. The minimum Gasteiger partial charge on any atom is -0.323 e. The predicted molar refractivity (Wildman–Crippen MR) is 69.9 cm³/mol. The molecular formula is C12H12BrF2N3. The van der Waals surface area contributed by atoms with Gasteiger partial charge >= 0.3 is 0 Å². The zero-order valence-electron chi connectivity index (χ0n) is 9.75. The number of aryl methyl sites for hydroxylation is 1. The smallest absolute Gasteiger partial charge is 0.207 e. The second-order valence-electron chi connectivity index (χ2n) is 3.82. The van der Waals surface area contributed by atoms with Crippen molar-refractivity contribution in [3.8, 4) is 0 Å². The Bertz CT molecular complexity index is 554. The average molecular weight is 316 g/mol. The summed E-state index contributed by atoms with van der Waals surface area (Å²) in [5, 5.41) is 2.79. The highest BCUT2D eigenvalue weighted by Gasteiger charge is 2.10. The molecule has 0 aliphatic rings. The largest absolute Gasteiger partial charge is 0.323 e. The normalized spacial score (nSPS) is 10.7. The highest BCUT2D eigenvalue weighted by molar-refractivity contribution is 9.10. The summed E-state index contributed by atoms with van der Waals surface area (Å²) in [7, 11) is 0. The van der Waals surface area contributed by atoms with Gasteiger partial charge in [-0.1, -0.05) is 6.92 Å². The first kappa shape index (κ1) is 13.0. The first-order valence-electron chi connectivity index (χ1n) is 5.54. The molecular weight excluding hydrogens is 304 g/mol. The molecule has 1 aromatic carbocycles. The van der Waals surface area contributed by atoms with Gasteiger partial charge < -0.3 is 9.88 Å². The SMILES string of the molecule is CCCn1ccnc1Nc1cc(F)c(Br)cc1F. The predicted octanol–water partition coefficient (Wildman–Crippen LogP) is 4.08. The molecule has 1 aromatic heterocycles. The number of nitrogens with zero attached hydrogens (tertiary/aromatic N) is 2. The van der Waals surface area contributed by atoms with Gasteiger partial charge in [0.15, 0.2) is 0 Å². The number of rotatable bonds is 4. The van der Waals surface area contributed by atoms with Crippen LogP contribution in [0.25, 0.3) is 0 Å². The van der Waals surface area contributed by atoms with Crippen LogP contribution in [0.2, 0.25) is 0 Å². The molecule has 1 N–H and O–H groups in total. The van der Waals surface area contributed by atoms with Crippen LogP contribution in [-0.2, 0) is 6.54 Å². The van der Waals surface area contributed by atoms with Crippen molar-refractivity contribution in [2.24, 2.45) is 0 Å². The third kappa shape index (κ3) is 2.69. The summed E-state index contributed by atoms with van der Waals surface area (Å²) in [5.74, 6) is -0.556. The lowest BCUT2D eigenvalue weighted by Gasteiger charge is -2.10. The molecule has 0 radical (unpaired) electrons. The number of halogens is 3. The van der Waals surface area contributed by atoms with Crippen LogP contribution in [0.3, 0.4) is 0 Å². The average Bonchev–Trinajstić information content (AvgIpc) is 2.74. The second kappa shape index (κ2) is 5.48.